The first-order chi connectivity index (χ1) is 16.1. The van der Waals surface area contributed by atoms with Gasteiger partial charge in [-0.05, 0) is 52.6 Å². The Kier molecular flexibility index (Phi) is 5.68. The van der Waals surface area contributed by atoms with Crippen molar-refractivity contribution in [3.8, 4) is 22.5 Å². The van der Waals surface area contributed by atoms with Gasteiger partial charge in [0.1, 0.15) is 11.3 Å². The summed E-state index contributed by atoms with van der Waals surface area (Å²) in [6, 6.07) is 31.8. The van der Waals surface area contributed by atoms with Gasteiger partial charge in [0.05, 0.1) is 5.56 Å². The minimum atomic E-state index is -0.952. The summed E-state index contributed by atoms with van der Waals surface area (Å²) < 4.78 is 6.82. The first-order valence-electron chi connectivity index (χ1n) is 10.5. The van der Waals surface area contributed by atoms with Crippen LogP contribution in [-0.2, 0) is 0 Å². The van der Waals surface area contributed by atoms with Gasteiger partial charge in [-0.1, -0.05) is 94.8 Å². The highest BCUT2D eigenvalue weighted by Gasteiger charge is 2.09. The van der Waals surface area contributed by atoms with Crippen LogP contribution in [0.1, 0.15) is 21.5 Å². The maximum atomic E-state index is 11.5. The van der Waals surface area contributed by atoms with E-state index in [0.29, 0.717) is 5.56 Å². The Bertz CT molecular complexity index is 1480. The largest absolute Gasteiger partial charge is 0.478 e. The molecule has 3 nitrogen and oxygen atoms in total. The molecule has 33 heavy (non-hydrogen) atoms. The normalized spacial score (nSPS) is 11.3. The summed E-state index contributed by atoms with van der Waals surface area (Å²) in [4.78, 5) is 11.5. The lowest BCUT2D eigenvalue weighted by Crippen LogP contribution is -1.99. The third-order valence-corrected chi connectivity index (χ3v) is 6.01. The fraction of sp³-hybridized carbons (Fsp3) is 0. The summed E-state index contributed by atoms with van der Waals surface area (Å²) in [7, 11) is 0. The van der Waals surface area contributed by atoms with E-state index in [2.05, 4.69) is 46.3 Å². The standard InChI is InChI=1S/C29H19BrO3/c30-25-14-12-21(26(18-25)29(31)32)9-6-19-7-10-22(11-8-19)28-17-24-16-23(13-15-27(24)33-28)20-4-2-1-3-5-20/h1-18H,(H,31,32). The van der Waals surface area contributed by atoms with Crippen LogP contribution in [0.15, 0.2) is 106 Å². The predicted molar refractivity (Wildman–Crippen MR) is 137 cm³/mol. The Morgan fingerprint density at radius 3 is 2.27 bits per heavy atom. The molecule has 0 radical (unpaired) electrons. The van der Waals surface area contributed by atoms with E-state index in [0.717, 1.165) is 37.9 Å². The maximum absolute atomic E-state index is 11.5. The number of rotatable bonds is 5. The number of carboxylic acid groups (broad SMARTS) is 1. The molecular formula is C29H19BrO3. The molecule has 1 aromatic heterocycles. The summed E-state index contributed by atoms with van der Waals surface area (Å²) in [5.74, 6) is -0.140. The second-order valence-electron chi connectivity index (χ2n) is 7.72. The summed E-state index contributed by atoms with van der Waals surface area (Å²) in [5.41, 5.74) is 6.06. The zero-order chi connectivity index (χ0) is 22.8. The topological polar surface area (TPSA) is 50.4 Å². The highest BCUT2D eigenvalue weighted by molar-refractivity contribution is 9.10. The fourth-order valence-corrected chi connectivity index (χ4v) is 4.16. The van der Waals surface area contributed by atoms with E-state index in [-0.39, 0.29) is 5.56 Å². The molecule has 0 bridgehead atoms. The average Bonchev–Trinajstić information content (AvgIpc) is 3.27. The molecule has 0 aliphatic rings. The van der Waals surface area contributed by atoms with E-state index in [1.807, 2.05) is 66.7 Å². The predicted octanol–water partition coefficient (Wildman–Crippen LogP) is 8.40. The van der Waals surface area contributed by atoms with E-state index >= 15 is 0 Å². The number of furan rings is 1. The van der Waals surface area contributed by atoms with Gasteiger partial charge in [-0.2, -0.15) is 0 Å². The van der Waals surface area contributed by atoms with Crippen molar-refractivity contribution in [1.82, 2.24) is 0 Å². The minimum absolute atomic E-state index is 0.259. The van der Waals surface area contributed by atoms with Crippen LogP contribution in [-0.4, -0.2) is 11.1 Å². The van der Waals surface area contributed by atoms with Crippen molar-refractivity contribution in [3.63, 3.8) is 0 Å². The van der Waals surface area contributed by atoms with Crippen LogP contribution in [0, 0.1) is 0 Å². The molecule has 0 amide bonds. The zero-order valence-corrected chi connectivity index (χ0v) is 19.1. The molecule has 0 fully saturated rings. The lowest BCUT2D eigenvalue weighted by atomic mass is 10.0. The SMILES string of the molecule is O=C(O)c1cc(Br)ccc1C=Cc1ccc(-c2cc3cc(-c4ccccc4)ccc3o2)cc1. The van der Waals surface area contributed by atoms with Gasteiger partial charge in [-0.3, -0.25) is 0 Å². The van der Waals surface area contributed by atoms with Gasteiger partial charge >= 0.3 is 5.97 Å². The summed E-state index contributed by atoms with van der Waals surface area (Å²) in [6.45, 7) is 0. The number of aromatic carboxylic acids is 1. The van der Waals surface area contributed by atoms with Crippen molar-refractivity contribution in [2.75, 3.05) is 0 Å². The van der Waals surface area contributed by atoms with E-state index in [1.54, 1.807) is 12.1 Å². The van der Waals surface area contributed by atoms with Gasteiger partial charge in [0.25, 0.3) is 0 Å². The Morgan fingerprint density at radius 2 is 1.52 bits per heavy atom. The number of fused-ring (bicyclic) bond motifs is 1. The molecule has 0 saturated heterocycles. The second-order valence-corrected chi connectivity index (χ2v) is 8.64. The van der Waals surface area contributed by atoms with E-state index in [4.69, 9.17) is 4.42 Å². The number of halogens is 1. The second kappa shape index (κ2) is 8.93. The average molecular weight is 495 g/mol. The smallest absolute Gasteiger partial charge is 0.336 e. The Balaban J connectivity index is 1.39. The van der Waals surface area contributed by atoms with Crippen molar-refractivity contribution in [2.45, 2.75) is 0 Å². The highest BCUT2D eigenvalue weighted by atomic mass is 79.9. The maximum Gasteiger partial charge on any atom is 0.336 e. The van der Waals surface area contributed by atoms with Gasteiger partial charge in [0, 0.05) is 15.4 Å². The van der Waals surface area contributed by atoms with Crippen molar-refractivity contribution < 1.29 is 14.3 Å². The molecule has 0 aliphatic heterocycles. The third-order valence-electron chi connectivity index (χ3n) is 5.52. The molecule has 5 rings (SSSR count). The molecule has 5 aromatic rings. The Labute approximate surface area is 199 Å². The molecular weight excluding hydrogens is 476 g/mol. The molecule has 0 aliphatic carbocycles. The highest BCUT2D eigenvalue weighted by Crippen LogP contribution is 2.31. The van der Waals surface area contributed by atoms with Crippen molar-refractivity contribution >= 4 is 45.0 Å². The van der Waals surface area contributed by atoms with Gasteiger partial charge in [-0.25, -0.2) is 4.79 Å². The lowest BCUT2D eigenvalue weighted by molar-refractivity contribution is 0.0696. The first-order valence-corrected chi connectivity index (χ1v) is 11.3. The van der Waals surface area contributed by atoms with Gasteiger partial charge in [0.15, 0.2) is 0 Å². The van der Waals surface area contributed by atoms with Crippen LogP contribution < -0.4 is 0 Å². The minimum Gasteiger partial charge on any atom is -0.478 e. The first kappa shape index (κ1) is 21.0. The van der Waals surface area contributed by atoms with Crippen molar-refractivity contribution in [3.05, 3.63) is 118 Å². The van der Waals surface area contributed by atoms with E-state index < -0.39 is 5.97 Å². The molecule has 4 aromatic carbocycles. The van der Waals surface area contributed by atoms with Gasteiger partial charge in [-0.15, -0.1) is 0 Å². The summed E-state index contributed by atoms with van der Waals surface area (Å²) in [6.07, 6.45) is 3.72. The van der Waals surface area contributed by atoms with Crippen LogP contribution in [0.25, 0.3) is 45.6 Å². The molecule has 1 N–H and O–H groups in total. The number of carboxylic acids is 1. The van der Waals surface area contributed by atoms with E-state index in [9.17, 15) is 9.90 Å². The van der Waals surface area contributed by atoms with Crippen molar-refractivity contribution in [2.24, 2.45) is 0 Å². The summed E-state index contributed by atoms with van der Waals surface area (Å²) in [5, 5.41) is 10.5. The monoisotopic (exact) mass is 494 g/mol. The number of hydrogen-bond acceptors (Lipinski definition) is 2. The molecule has 4 heteroatoms. The number of benzene rings is 4. The van der Waals surface area contributed by atoms with Gasteiger partial charge in [0.2, 0.25) is 0 Å². The number of carbonyl (C=O) groups is 1. The van der Waals surface area contributed by atoms with Crippen LogP contribution in [0.2, 0.25) is 0 Å². The van der Waals surface area contributed by atoms with Crippen molar-refractivity contribution in [1.29, 1.82) is 0 Å². The van der Waals surface area contributed by atoms with Crippen LogP contribution >= 0.6 is 15.9 Å². The lowest BCUT2D eigenvalue weighted by Gasteiger charge is -2.02. The Hall–Kier alpha value is -3.89. The molecule has 160 valence electrons. The molecule has 1 heterocycles. The fourth-order valence-electron chi connectivity index (χ4n) is 3.80. The quantitative estimate of drug-likeness (QED) is 0.249. The number of hydrogen-bond donors (Lipinski definition) is 1. The summed E-state index contributed by atoms with van der Waals surface area (Å²) >= 11 is 3.32. The Morgan fingerprint density at radius 1 is 0.758 bits per heavy atom. The van der Waals surface area contributed by atoms with Crippen LogP contribution in [0.4, 0.5) is 0 Å². The van der Waals surface area contributed by atoms with E-state index in [1.165, 1.54) is 5.56 Å². The molecule has 0 spiro atoms. The van der Waals surface area contributed by atoms with Crippen LogP contribution in [0.3, 0.4) is 0 Å². The molecule has 0 saturated carbocycles. The molecule has 0 unspecified atom stereocenters. The third kappa shape index (κ3) is 4.52. The molecule has 0 atom stereocenters. The van der Waals surface area contributed by atoms with Crippen LogP contribution in [0.5, 0.6) is 0 Å². The zero-order valence-electron chi connectivity index (χ0n) is 17.5. The van der Waals surface area contributed by atoms with Gasteiger partial charge < -0.3 is 9.52 Å².